The van der Waals surface area contributed by atoms with Gasteiger partial charge in [0, 0.05) is 18.0 Å². The minimum Gasteiger partial charge on any atom is -0.453 e. The first-order valence-corrected chi connectivity index (χ1v) is 10.6. The number of para-hydroxylation sites is 1. The van der Waals surface area contributed by atoms with Crippen molar-refractivity contribution in [2.24, 2.45) is 11.8 Å². The lowest BCUT2D eigenvalue weighted by Gasteiger charge is -2.28. The SMILES string of the molecule is CCC(C)C(CNC(=O)c1ccc2ccccc2n1)NC(=O)C(NC(=O)OC)C(C)C. The van der Waals surface area contributed by atoms with Gasteiger partial charge in [-0.05, 0) is 24.0 Å². The minimum absolute atomic E-state index is 0.111. The van der Waals surface area contributed by atoms with Crippen LogP contribution >= 0.6 is 0 Å². The summed E-state index contributed by atoms with van der Waals surface area (Å²) in [6, 6.07) is 10.1. The third kappa shape index (κ3) is 6.67. The van der Waals surface area contributed by atoms with Crippen molar-refractivity contribution < 1.29 is 19.1 Å². The number of alkyl carbamates (subject to hydrolysis) is 1. The van der Waals surface area contributed by atoms with Crippen LogP contribution in [-0.4, -0.2) is 48.6 Å². The number of nitrogens with zero attached hydrogens (tertiary/aromatic N) is 1. The Hall–Kier alpha value is -3.16. The van der Waals surface area contributed by atoms with E-state index in [0.717, 1.165) is 17.3 Å². The second kappa shape index (κ2) is 11.3. The van der Waals surface area contributed by atoms with Gasteiger partial charge in [0.1, 0.15) is 11.7 Å². The summed E-state index contributed by atoms with van der Waals surface area (Å²) in [6.07, 6.45) is 0.149. The van der Waals surface area contributed by atoms with E-state index in [9.17, 15) is 14.4 Å². The molecule has 3 unspecified atom stereocenters. The van der Waals surface area contributed by atoms with Crippen molar-refractivity contribution in [3.05, 3.63) is 42.1 Å². The largest absolute Gasteiger partial charge is 0.453 e. The molecule has 8 nitrogen and oxygen atoms in total. The maximum absolute atomic E-state index is 12.8. The molecule has 3 amide bonds. The van der Waals surface area contributed by atoms with Crippen LogP contribution in [0.5, 0.6) is 0 Å². The third-order valence-electron chi connectivity index (χ3n) is 5.38. The van der Waals surface area contributed by atoms with Crippen LogP contribution in [0.15, 0.2) is 36.4 Å². The maximum Gasteiger partial charge on any atom is 0.407 e. The highest BCUT2D eigenvalue weighted by atomic mass is 16.5. The topological polar surface area (TPSA) is 109 Å². The van der Waals surface area contributed by atoms with Gasteiger partial charge in [-0.25, -0.2) is 9.78 Å². The van der Waals surface area contributed by atoms with Gasteiger partial charge in [-0.15, -0.1) is 0 Å². The number of rotatable bonds is 9. The molecule has 0 bridgehead atoms. The van der Waals surface area contributed by atoms with Crippen molar-refractivity contribution >= 4 is 28.8 Å². The van der Waals surface area contributed by atoms with Gasteiger partial charge in [0.2, 0.25) is 5.91 Å². The van der Waals surface area contributed by atoms with E-state index in [2.05, 4.69) is 25.7 Å². The van der Waals surface area contributed by atoms with Gasteiger partial charge in [0.25, 0.3) is 5.91 Å². The average Bonchev–Trinajstić information content (AvgIpc) is 2.78. The minimum atomic E-state index is -0.739. The quantitative estimate of drug-likeness (QED) is 0.569. The molecule has 2 aromatic rings. The summed E-state index contributed by atoms with van der Waals surface area (Å²) in [5.74, 6) is -0.641. The number of hydrogen-bond donors (Lipinski definition) is 3. The molecule has 8 heteroatoms. The van der Waals surface area contributed by atoms with Gasteiger partial charge >= 0.3 is 6.09 Å². The fourth-order valence-corrected chi connectivity index (χ4v) is 3.16. The van der Waals surface area contributed by atoms with Gasteiger partial charge in [-0.2, -0.15) is 0 Å². The lowest BCUT2D eigenvalue weighted by atomic mass is 9.97. The molecule has 0 aliphatic carbocycles. The van der Waals surface area contributed by atoms with Crippen LogP contribution in [0.3, 0.4) is 0 Å². The molecule has 1 aromatic carbocycles. The van der Waals surface area contributed by atoms with E-state index in [4.69, 9.17) is 0 Å². The van der Waals surface area contributed by atoms with Crippen LogP contribution < -0.4 is 16.0 Å². The lowest BCUT2D eigenvalue weighted by molar-refractivity contribution is -0.125. The predicted molar refractivity (Wildman–Crippen MR) is 120 cm³/mol. The van der Waals surface area contributed by atoms with Crippen LogP contribution in [0, 0.1) is 11.8 Å². The number of carbonyl (C=O) groups is 3. The zero-order chi connectivity index (χ0) is 23.0. The normalized spacial score (nSPS) is 13.9. The maximum atomic E-state index is 12.8. The predicted octanol–water partition coefficient (Wildman–Crippen LogP) is 2.88. The Labute approximate surface area is 183 Å². The second-order valence-electron chi connectivity index (χ2n) is 7.96. The van der Waals surface area contributed by atoms with Crippen LogP contribution in [0.2, 0.25) is 0 Å². The van der Waals surface area contributed by atoms with Crippen molar-refractivity contribution in [3.63, 3.8) is 0 Å². The highest BCUT2D eigenvalue weighted by Gasteiger charge is 2.28. The molecule has 0 saturated heterocycles. The van der Waals surface area contributed by atoms with Crippen LogP contribution in [-0.2, 0) is 9.53 Å². The fourth-order valence-electron chi connectivity index (χ4n) is 3.16. The van der Waals surface area contributed by atoms with Crippen molar-refractivity contribution in [2.45, 2.75) is 46.2 Å². The van der Waals surface area contributed by atoms with E-state index in [1.54, 1.807) is 6.07 Å². The zero-order valence-electron chi connectivity index (χ0n) is 18.8. The number of hydrogen-bond acceptors (Lipinski definition) is 5. The highest BCUT2D eigenvalue weighted by Crippen LogP contribution is 2.13. The summed E-state index contributed by atoms with van der Waals surface area (Å²) in [6.45, 7) is 7.95. The van der Waals surface area contributed by atoms with Gasteiger partial charge in [-0.3, -0.25) is 9.59 Å². The number of nitrogens with one attached hydrogen (secondary N) is 3. The molecule has 0 aliphatic heterocycles. The lowest BCUT2D eigenvalue weighted by Crippen LogP contribution is -2.55. The Kier molecular flexibility index (Phi) is 8.78. The zero-order valence-corrected chi connectivity index (χ0v) is 18.8. The van der Waals surface area contributed by atoms with Crippen LogP contribution in [0.4, 0.5) is 4.79 Å². The van der Waals surface area contributed by atoms with Crippen LogP contribution in [0.25, 0.3) is 10.9 Å². The number of pyridine rings is 1. The summed E-state index contributed by atoms with van der Waals surface area (Å²) in [7, 11) is 1.25. The molecule has 1 aromatic heterocycles. The molecule has 1 heterocycles. The van der Waals surface area contributed by atoms with E-state index >= 15 is 0 Å². The molecule has 0 fully saturated rings. The Morgan fingerprint density at radius 3 is 2.39 bits per heavy atom. The van der Waals surface area contributed by atoms with Gasteiger partial charge in [0.15, 0.2) is 0 Å². The number of benzene rings is 1. The Morgan fingerprint density at radius 1 is 1.03 bits per heavy atom. The molecule has 0 radical (unpaired) electrons. The smallest absolute Gasteiger partial charge is 0.407 e. The first-order valence-electron chi connectivity index (χ1n) is 10.6. The number of aromatic nitrogens is 1. The highest BCUT2D eigenvalue weighted by molar-refractivity contribution is 5.95. The first-order chi connectivity index (χ1) is 14.8. The molecule has 31 heavy (non-hydrogen) atoms. The number of ether oxygens (including phenoxy) is 1. The third-order valence-corrected chi connectivity index (χ3v) is 5.38. The molecule has 0 spiro atoms. The van der Waals surface area contributed by atoms with Crippen molar-refractivity contribution in [1.29, 1.82) is 0 Å². The summed E-state index contributed by atoms with van der Waals surface area (Å²) in [5.41, 5.74) is 1.07. The summed E-state index contributed by atoms with van der Waals surface area (Å²) in [5, 5.41) is 9.37. The van der Waals surface area contributed by atoms with E-state index in [-0.39, 0.29) is 36.2 Å². The molecule has 3 N–H and O–H groups in total. The monoisotopic (exact) mass is 428 g/mol. The van der Waals surface area contributed by atoms with E-state index in [1.165, 1.54) is 7.11 Å². The van der Waals surface area contributed by atoms with Gasteiger partial charge in [0.05, 0.1) is 12.6 Å². The Balaban J connectivity index is 2.06. The number of fused-ring (bicyclic) bond motifs is 1. The molecular formula is C23H32N4O4. The molecule has 0 aliphatic rings. The molecule has 168 valence electrons. The average molecular weight is 429 g/mol. The molecule has 0 saturated carbocycles. The molecule has 3 atom stereocenters. The summed E-state index contributed by atoms with van der Waals surface area (Å²) >= 11 is 0. The Morgan fingerprint density at radius 2 is 1.74 bits per heavy atom. The summed E-state index contributed by atoms with van der Waals surface area (Å²) in [4.78, 5) is 41.5. The van der Waals surface area contributed by atoms with E-state index in [0.29, 0.717) is 5.69 Å². The van der Waals surface area contributed by atoms with Gasteiger partial charge in [-0.1, -0.05) is 58.4 Å². The van der Waals surface area contributed by atoms with Crippen molar-refractivity contribution in [3.8, 4) is 0 Å². The van der Waals surface area contributed by atoms with E-state index < -0.39 is 12.1 Å². The first kappa shape index (κ1) is 24.1. The molecule has 2 rings (SSSR count). The number of methoxy groups -OCH3 is 1. The standard InChI is InChI=1S/C23H32N4O4/c1-6-15(4)19(26-22(29)20(14(2)3)27-23(30)31-5)13-24-21(28)18-12-11-16-9-7-8-10-17(16)25-18/h7-12,14-15,19-20H,6,13H2,1-5H3,(H,24,28)(H,26,29)(H,27,30). The van der Waals surface area contributed by atoms with Crippen molar-refractivity contribution in [1.82, 2.24) is 20.9 Å². The Bertz CT molecular complexity index is 915. The number of carbonyl (C=O) groups excluding carboxylic acids is 3. The second-order valence-corrected chi connectivity index (χ2v) is 7.96. The number of amides is 3. The fraction of sp³-hybridized carbons (Fsp3) is 0.478. The van der Waals surface area contributed by atoms with Crippen LogP contribution in [0.1, 0.15) is 44.6 Å². The molecular weight excluding hydrogens is 396 g/mol. The van der Waals surface area contributed by atoms with Gasteiger partial charge < -0.3 is 20.7 Å². The van der Waals surface area contributed by atoms with E-state index in [1.807, 2.05) is 58.0 Å². The van der Waals surface area contributed by atoms with Crippen molar-refractivity contribution in [2.75, 3.05) is 13.7 Å². The summed E-state index contributed by atoms with van der Waals surface area (Å²) < 4.78 is 4.62.